The molecule has 1 atom stereocenters. The molecular formula is C16H26N4O7S2. The van der Waals surface area contributed by atoms with E-state index in [1.165, 1.54) is 6.08 Å². The SMILES string of the molecule is Cc1cc(N)c(OCCCS(=O)(=O)O)cc1N.NC1=C(S(=O)(=O)O)CC(N)C=C1. The van der Waals surface area contributed by atoms with Crippen molar-refractivity contribution >= 4 is 31.6 Å². The molecule has 0 radical (unpaired) electrons. The minimum absolute atomic E-state index is 0.0548. The van der Waals surface area contributed by atoms with E-state index in [1.807, 2.05) is 6.92 Å². The molecule has 13 heteroatoms. The summed E-state index contributed by atoms with van der Waals surface area (Å²) in [6, 6.07) is 2.89. The lowest BCUT2D eigenvalue weighted by Gasteiger charge is -2.14. The van der Waals surface area contributed by atoms with Crippen LogP contribution >= 0.6 is 0 Å². The molecule has 1 unspecified atom stereocenters. The quantitative estimate of drug-likeness (QED) is 0.194. The van der Waals surface area contributed by atoms with Gasteiger partial charge in [0.05, 0.1) is 23.0 Å². The van der Waals surface area contributed by atoms with Crippen molar-refractivity contribution in [1.29, 1.82) is 0 Å². The number of ether oxygens (including phenoxy) is 1. The third-order valence-corrected chi connectivity index (χ3v) is 5.61. The first-order chi connectivity index (χ1) is 13.2. The zero-order chi connectivity index (χ0) is 22.4. The Labute approximate surface area is 169 Å². The van der Waals surface area contributed by atoms with Gasteiger partial charge in [0.15, 0.2) is 0 Å². The lowest BCUT2D eigenvalue weighted by atomic mass is 10.1. The van der Waals surface area contributed by atoms with E-state index in [4.69, 9.17) is 36.8 Å². The number of allylic oxidation sites excluding steroid dienone is 1. The molecule has 1 aliphatic rings. The molecule has 164 valence electrons. The number of rotatable bonds is 6. The van der Waals surface area contributed by atoms with E-state index < -0.39 is 26.3 Å². The topological polar surface area (TPSA) is 222 Å². The summed E-state index contributed by atoms with van der Waals surface area (Å²) in [5, 5.41) is 0. The van der Waals surface area contributed by atoms with Crippen molar-refractivity contribution in [2.75, 3.05) is 23.8 Å². The van der Waals surface area contributed by atoms with Gasteiger partial charge in [-0.2, -0.15) is 16.8 Å². The van der Waals surface area contributed by atoms with Gasteiger partial charge in [-0.25, -0.2) is 0 Å². The van der Waals surface area contributed by atoms with Gasteiger partial charge in [0.25, 0.3) is 20.2 Å². The summed E-state index contributed by atoms with van der Waals surface area (Å²) in [7, 11) is -8.12. The Balaban J connectivity index is 0.000000308. The molecule has 0 saturated heterocycles. The highest BCUT2D eigenvalue weighted by atomic mass is 32.2. The fraction of sp³-hybridized carbons (Fsp3) is 0.375. The number of benzene rings is 1. The molecule has 0 fully saturated rings. The molecule has 0 aromatic heterocycles. The van der Waals surface area contributed by atoms with Gasteiger partial charge >= 0.3 is 0 Å². The van der Waals surface area contributed by atoms with Crippen LogP contribution in [-0.2, 0) is 20.2 Å². The molecule has 0 heterocycles. The molecule has 0 saturated carbocycles. The zero-order valence-electron chi connectivity index (χ0n) is 15.8. The Kier molecular flexibility index (Phi) is 8.47. The summed E-state index contributed by atoms with van der Waals surface area (Å²) in [6.45, 7) is 1.97. The summed E-state index contributed by atoms with van der Waals surface area (Å²) < 4.78 is 64.8. The van der Waals surface area contributed by atoms with E-state index >= 15 is 0 Å². The predicted molar refractivity (Wildman–Crippen MR) is 111 cm³/mol. The van der Waals surface area contributed by atoms with Gasteiger partial charge < -0.3 is 27.7 Å². The largest absolute Gasteiger partial charge is 0.491 e. The van der Waals surface area contributed by atoms with E-state index in [2.05, 4.69) is 0 Å². The third-order valence-electron chi connectivity index (χ3n) is 3.78. The Hall–Kier alpha value is -2.32. The van der Waals surface area contributed by atoms with Crippen molar-refractivity contribution in [2.45, 2.75) is 25.8 Å². The van der Waals surface area contributed by atoms with Crippen LogP contribution in [0.2, 0.25) is 0 Å². The minimum atomic E-state index is -4.18. The molecule has 1 aliphatic carbocycles. The number of nitrogen functional groups attached to an aromatic ring is 2. The summed E-state index contributed by atoms with van der Waals surface area (Å²) >= 11 is 0. The van der Waals surface area contributed by atoms with Crippen LogP contribution in [0.4, 0.5) is 11.4 Å². The first-order valence-corrected chi connectivity index (χ1v) is 11.4. The lowest BCUT2D eigenvalue weighted by molar-refractivity contribution is 0.318. The summed E-state index contributed by atoms with van der Waals surface area (Å²) in [5.74, 6) is 0.0808. The zero-order valence-corrected chi connectivity index (χ0v) is 17.4. The Morgan fingerprint density at radius 2 is 1.72 bits per heavy atom. The van der Waals surface area contributed by atoms with Gasteiger partial charge in [0.1, 0.15) is 5.75 Å². The maximum Gasteiger partial charge on any atom is 0.292 e. The molecule has 10 N–H and O–H groups in total. The van der Waals surface area contributed by atoms with Crippen LogP contribution in [0.1, 0.15) is 18.4 Å². The van der Waals surface area contributed by atoms with Crippen LogP contribution in [0.15, 0.2) is 34.9 Å². The van der Waals surface area contributed by atoms with Crippen molar-refractivity contribution in [1.82, 2.24) is 0 Å². The first-order valence-electron chi connectivity index (χ1n) is 8.34. The molecule has 1 aromatic rings. The molecule has 11 nitrogen and oxygen atoms in total. The van der Waals surface area contributed by atoms with Crippen LogP contribution in [0.3, 0.4) is 0 Å². The average Bonchev–Trinajstić information content (AvgIpc) is 2.57. The average molecular weight is 451 g/mol. The van der Waals surface area contributed by atoms with Gasteiger partial charge in [-0.3, -0.25) is 9.11 Å². The van der Waals surface area contributed by atoms with Crippen LogP contribution in [0.5, 0.6) is 5.75 Å². The van der Waals surface area contributed by atoms with E-state index in [9.17, 15) is 16.8 Å². The van der Waals surface area contributed by atoms with Crippen LogP contribution in [-0.4, -0.2) is 44.3 Å². The van der Waals surface area contributed by atoms with Crippen molar-refractivity contribution < 1.29 is 30.7 Å². The molecule has 1 aromatic carbocycles. The molecular weight excluding hydrogens is 424 g/mol. The number of anilines is 2. The number of hydrogen-bond acceptors (Lipinski definition) is 9. The van der Waals surface area contributed by atoms with Crippen LogP contribution < -0.4 is 27.7 Å². The smallest absolute Gasteiger partial charge is 0.292 e. The van der Waals surface area contributed by atoms with Gasteiger partial charge in [-0.15, -0.1) is 0 Å². The monoisotopic (exact) mass is 450 g/mol. The van der Waals surface area contributed by atoms with Crippen molar-refractivity contribution in [3.05, 3.63) is 40.5 Å². The van der Waals surface area contributed by atoms with Gasteiger partial charge in [0, 0.05) is 29.9 Å². The van der Waals surface area contributed by atoms with Gasteiger partial charge in [0.2, 0.25) is 0 Å². The number of nitrogens with two attached hydrogens (primary N) is 4. The molecule has 0 bridgehead atoms. The van der Waals surface area contributed by atoms with Gasteiger partial charge in [-0.1, -0.05) is 6.08 Å². The Bertz CT molecular complexity index is 1000. The second kappa shape index (κ2) is 9.93. The standard InChI is InChI=1S/C10H16N2O4S.C6H10N2O3S/c1-7-5-9(12)10(6-8(7)11)16-3-2-4-17(13,14)15;7-4-1-2-5(8)6(3-4)12(9,10)11/h5-6H,2-4,11-12H2,1H3,(H,13,14,15);1-2,4H,3,7-8H2,(H,9,10,11). The highest BCUT2D eigenvalue weighted by Crippen LogP contribution is 2.27. The highest BCUT2D eigenvalue weighted by Gasteiger charge is 2.21. The third kappa shape index (κ3) is 8.70. The Morgan fingerprint density at radius 1 is 1.10 bits per heavy atom. The van der Waals surface area contributed by atoms with E-state index in [0.717, 1.165) is 5.56 Å². The maximum atomic E-state index is 10.7. The molecule has 2 rings (SSSR count). The van der Waals surface area contributed by atoms with Crippen molar-refractivity contribution in [2.24, 2.45) is 11.5 Å². The van der Waals surface area contributed by atoms with E-state index in [-0.39, 0.29) is 35.8 Å². The first kappa shape index (κ1) is 24.7. The Morgan fingerprint density at radius 3 is 2.24 bits per heavy atom. The number of aryl methyl sites for hydroxylation is 1. The number of hydrogen-bond donors (Lipinski definition) is 6. The summed E-state index contributed by atoms with van der Waals surface area (Å²) in [4.78, 5) is -0.197. The predicted octanol–water partition coefficient (Wildman–Crippen LogP) is 0.148. The molecule has 0 spiro atoms. The van der Waals surface area contributed by atoms with Crippen molar-refractivity contribution in [3.63, 3.8) is 0 Å². The second-order valence-corrected chi connectivity index (χ2v) is 9.33. The van der Waals surface area contributed by atoms with Crippen LogP contribution in [0, 0.1) is 6.92 Å². The maximum absolute atomic E-state index is 10.7. The summed E-state index contributed by atoms with van der Waals surface area (Å²) in [6.07, 6.45) is 3.22. The second-order valence-electron chi connectivity index (χ2n) is 6.32. The normalized spacial score (nSPS) is 16.9. The van der Waals surface area contributed by atoms with Crippen molar-refractivity contribution in [3.8, 4) is 5.75 Å². The fourth-order valence-electron chi connectivity index (χ4n) is 2.25. The van der Waals surface area contributed by atoms with Crippen LogP contribution in [0.25, 0.3) is 0 Å². The minimum Gasteiger partial charge on any atom is -0.491 e. The molecule has 0 amide bonds. The molecule has 0 aliphatic heterocycles. The summed E-state index contributed by atoms with van der Waals surface area (Å²) in [5.41, 5.74) is 24.1. The molecule has 29 heavy (non-hydrogen) atoms. The van der Waals surface area contributed by atoms with E-state index in [0.29, 0.717) is 17.1 Å². The fourth-order valence-corrected chi connectivity index (χ4v) is 3.50. The lowest BCUT2D eigenvalue weighted by Crippen LogP contribution is -2.25. The highest BCUT2D eigenvalue weighted by molar-refractivity contribution is 7.89. The van der Waals surface area contributed by atoms with E-state index in [1.54, 1.807) is 18.2 Å². The van der Waals surface area contributed by atoms with Gasteiger partial charge in [-0.05, 0) is 31.1 Å².